The van der Waals surface area contributed by atoms with E-state index in [0.717, 1.165) is 6.08 Å². The Bertz CT molecular complexity index is 682. The fourth-order valence-electron chi connectivity index (χ4n) is 4.12. The van der Waals surface area contributed by atoms with E-state index in [2.05, 4.69) is 10.6 Å². The Morgan fingerprint density at radius 1 is 1.16 bits per heavy atom. The zero-order valence-electron chi connectivity index (χ0n) is 20.9. The molecule has 0 aromatic rings. The molecule has 32 heavy (non-hydrogen) atoms. The maximum atomic E-state index is 14.6. The van der Waals surface area contributed by atoms with Crippen molar-refractivity contribution >= 4 is 12.0 Å². The van der Waals surface area contributed by atoms with Crippen LogP contribution in [0, 0.1) is 5.92 Å². The van der Waals surface area contributed by atoms with Crippen LogP contribution in [0.3, 0.4) is 0 Å². The number of amides is 2. The van der Waals surface area contributed by atoms with Gasteiger partial charge in [0.15, 0.2) is 0 Å². The van der Waals surface area contributed by atoms with Crippen LogP contribution in [0.5, 0.6) is 0 Å². The van der Waals surface area contributed by atoms with Gasteiger partial charge in [0.05, 0.1) is 6.04 Å². The van der Waals surface area contributed by atoms with E-state index >= 15 is 0 Å². The average molecular weight is 462 g/mol. The lowest BCUT2D eigenvalue weighted by Crippen LogP contribution is -2.63. The van der Waals surface area contributed by atoms with Crippen molar-refractivity contribution in [2.75, 3.05) is 0 Å². The number of nitrogens with one attached hydrogen (secondary N) is 2. The molecule has 7 nitrogen and oxygen atoms in total. The number of carbonyl (C=O) groups is 2. The summed E-state index contributed by atoms with van der Waals surface area (Å²) in [6.45, 7) is 16.1. The summed E-state index contributed by atoms with van der Waals surface area (Å²) in [5, 5.41) is 16.6. The highest BCUT2D eigenvalue weighted by Gasteiger charge is 2.47. The van der Waals surface area contributed by atoms with Gasteiger partial charge >= 0.3 is 12.0 Å². The van der Waals surface area contributed by atoms with Gasteiger partial charge in [-0.1, -0.05) is 19.9 Å². The quantitative estimate of drug-likeness (QED) is 0.480. The number of rotatable bonds is 7. The Morgan fingerprint density at radius 2 is 1.66 bits per heavy atom. The summed E-state index contributed by atoms with van der Waals surface area (Å²) in [5.41, 5.74) is -2.07. The predicted octanol–water partition coefficient (Wildman–Crippen LogP) is 4.64. The van der Waals surface area contributed by atoms with E-state index in [1.165, 1.54) is 5.06 Å². The predicted molar refractivity (Wildman–Crippen MR) is 120 cm³/mol. The Kier molecular flexibility index (Phi) is 8.87. The molecule has 1 heterocycles. The summed E-state index contributed by atoms with van der Waals surface area (Å²) >= 11 is 0. The molecule has 1 saturated heterocycles. The average Bonchev–Trinajstić information content (AvgIpc) is 2.54. The largest absolute Gasteiger partial charge is 0.444 e. The number of halogens is 2. The van der Waals surface area contributed by atoms with Crippen molar-refractivity contribution in [3.05, 3.63) is 12.2 Å². The topological polar surface area (TPSA) is 90.9 Å². The summed E-state index contributed by atoms with van der Waals surface area (Å²) in [5.74, 6) is -5.04. The second kappa shape index (κ2) is 10.0. The standard InChI is InChI=1S/C23H41F2N3O4/c1-15(2)12-16(27-19(30)32-20(3,4)5)10-11-23(24,25)18(29)26-17-13-21(6,7)28(31)22(8,9)14-17/h10-11,15-17,31H,12-14H2,1-9H3,(H,26,29)(H,27,30)/b11-10+/t16-/m1/s1. The molecule has 186 valence electrons. The molecule has 9 heteroatoms. The second-order valence-corrected chi connectivity index (χ2v) is 11.4. The van der Waals surface area contributed by atoms with Crippen molar-refractivity contribution in [1.82, 2.24) is 15.7 Å². The van der Waals surface area contributed by atoms with Gasteiger partial charge in [0.25, 0.3) is 5.91 Å². The SMILES string of the molecule is CC(C)C[C@@H](/C=C/C(F)(F)C(=O)NC1CC(C)(C)N(O)C(C)(C)C1)NC(=O)OC(C)(C)C. The maximum Gasteiger partial charge on any atom is 0.408 e. The van der Waals surface area contributed by atoms with Crippen molar-refractivity contribution in [2.24, 2.45) is 5.92 Å². The number of hydrogen-bond acceptors (Lipinski definition) is 5. The molecule has 0 aromatic heterocycles. The normalized spacial score (nSPS) is 20.9. The first-order valence-corrected chi connectivity index (χ1v) is 11.1. The maximum absolute atomic E-state index is 14.6. The van der Waals surface area contributed by atoms with Crippen LogP contribution < -0.4 is 10.6 Å². The summed E-state index contributed by atoms with van der Waals surface area (Å²) in [6.07, 6.45) is 2.03. The van der Waals surface area contributed by atoms with Gasteiger partial charge in [0.2, 0.25) is 0 Å². The first kappa shape index (κ1) is 28.3. The molecule has 1 rings (SSSR count). The number of hydrogen-bond donors (Lipinski definition) is 3. The summed E-state index contributed by atoms with van der Waals surface area (Å²) in [6, 6.07) is -1.22. The van der Waals surface area contributed by atoms with E-state index in [-0.39, 0.29) is 5.92 Å². The van der Waals surface area contributed by atoms with Gasteiger partial charge in [-0.15, -0.1) is 0 Å². The molecule has 0 aliphatic carbocycles. The van der Waals surface area contributed by atoms with Crippen LogP contribution in [-0.4, -0.2) is 57.0 Å². The summed E-state index contributed by atoms with van der Waals surface area (Å²) in [4.78, 5) is 24.4. The minimum absolute atomic E-state index is 0.121. The van der Waals surface area contributed by atoms with E-state index < -0.39 is 46.7 Å². The molecule has 2 amide bonds. The lowest BCUT2D eigenvalue weighted by Gasteiger charge is -2.51. The molecule has 3 N–H and O–H groups in total. The first-order chi connectivity index (χ1) is 14.2. The molecule has 1 atom stereocenters. The molecule has 1 aliphatic rings. The van der Waals surface area contributed by atoms with Crippen molar-refractivity contribution in [3.8, 4) is 0 Å². The molecular formula is C23H41F2N3O4. The third-order valence-corrected chi connectivity index (χ3v) is 5.24. The molecule has 0 spiro atoms. The van der Waals surface area contributed by atoms with Gasteiger partial charge in [-0.05, 0) is 79.7 Å². The van der Waals surface area contributed by atoms with Crippen LogP contribution in [0.2, 0.25) is 0 Å². The highest BCUT2D eigenvalue weighted by molar-refractivity contribution is 5.85. The fourth-order valence-corrected chi connectivity index (χ4v) is 4.12. The highest BCUT2D eigenvalue weighted by Crippen LogP contribution is 2.37. The van der Waals surface area contributed by atoms with Crippen LogP contribution in [-0.2, 0) is 9.53 Å². The van der Waals surface area contributed by atoms with Crippen LogP contribution in [0.15, 0.2) is 12.2 Å². The smallest absolute Gasteiger partial charge is 0.408 e. The molecule has 1 aliphatic heterocycles. The number of carbonyl (C=O) groups excluding carboxylic acids is 2. The number of ether oxygens (including phenoxy) is 1. The lowest BCUT2D eigenvalue weighted by molar-refractivity contribution is -0.246. The summed E-state index contributed by atoms with van der Waals surface area (Å²) < 4.78 is 34.5. The highest BCUT2D eigenvalue weighted by atomic mass is 19.3. The lowest BCUT2D eigenvalue weighted by atomic mass is 9.79. The van der Waals surface area contributed by atoms with Crippen LogP contribution in [0.1, 0.15) is 81.6 Å². The van der Waals surface area contributed by atoms with Gasteiger partial charge < -0.3 is 20.6 Å². The van der Waals surface area contributed by atoms with E-state index in [4.69, 9.17) is 4.74 Å². The number of alkyl halides is 2. The van der Waals surface area contributed by atoms with E-state index in [9.17, 15) is 23.6 Å². The van der Waals surface area contributed by atoms with Crippen molar-refractivity contribution in [3.63, 3.8) is 0 Å². The molecule has 0 aromatic carbocycles. The monoisotopic (exact) mass is 461 g/mol. The van der Waals surface area contributed by atoms with Gasteiger partial charge in [-0.3, -0.25) is 4.79 Å². The Morgan fingerprint density at radius 3 is 2.09 bits per heavy atom. The molecule has 0 bridgehead atoms. The molecule has 0 saturated carbocycles. The van der Waals surface area contributed by atoms with Crippen LogP contribution in [0.25, 0.3) is 0 Å². The molecule has 0 radical (unpaired) electrons. The van der Waals surface area contributed by atoms with Crippen LogP contribution in [0.4, 0.5) is 13.6 Å². The Balaban J connectivity index is 2.88. The minimum Gasteiger partial charge on any atom is -0.444 e. The number of alkyl carbamates (subject to hydrolysis) is 1. The number of nitrogens with zero attached hydrogens (tertiary/aromatic N) is 1. The Hall–Kier alpha value is -1.74. The van der Waals surface area contributed by atoms with Gasteiger partial charge in [0, 0.05) is 17.1 Å². The Labute approximate surface area is 190 Å². The third-order valence-electron chi connectivity index (χ3n) is 5.24. The summed E-state index contributed by atoms with van der Waals surface area (Å²) in [7, 11) is 0. The van der Waals surface area contributed by atoms with Gasteiger partial charge in [-0.25, -0.2) is 4.79 Å². The number of hydroxylamine groups is 2. The third kappa shape index (κ3) is 8.65. The minimum atomic E-state index is -3.75. The van der Waals surface area contributed by atoms with E-state index in [1.54, 1.807) is 48.5 Å². The van der Waals surface area contributed by atoms with Gasteiger partial charge in [0.1, 0.15) is 5.60 Å². The van der Waals surface area contributed by atoms with Crippen molar-refractivity contribution < 1.29 is 28.3 Å². The van der Waals surface area contributed by atoms with E-state index in [1.807, 2.05) is 13.8 Å². The van der Waals surface area contributed by atoms with Gasteiger partial charge in [-0.2, -0.15) is 13.8 Å². The van der Waals surface area contributed by atoms with Crippen molar-refractivity contribution in [1.29, 1.82) is 0 Å². The first-order valence-electron chi connectivity index (χ1n) is 11.1. The number of piperidine rings is 1. The fraction of sp³-hybridized carbons (Fsp3) is 0.826. The zero-order chi connectivity index (χ0) is 25.1. The zero-order valence-corrected chi connectivity index (χ0v) is 20.9. The van der Waals surface area contributed by atoms with Crippen molar-refractivity contribution in [2.45, 2.75) is 116 Å². The van der Waals surface area contributed by atoms with E-state index in [0.29, 0.717) is 25.3 Å². The molecular weight excluding hydrogens is 420 g/mol. The molecule has 0 unspecified atom stereocenters. The second-order valence-electron chi connectivity index (χ2n) is 11.4. The molecule has 1 fully saturated rings. The van der Waals surface area contributed by atoms with Crippen LogP contribution >= 0.6 is 0 Å².